The van der Waals surface area contributed by atoms with Gasteiger partial charge in [-0.25, -0.2) is 0 Å². The average molecular weight is 290 g/mol. The Balaban J connectivity index is 1.81. The number of amides is 2. The van der Waals surface area contributed by atoms with E-state index in [1.807, 2.05) is 17.5 Å². The molecule has 3 rings (SSSR count). The highest BCUT2D eigenvalue weighted by Crippen LogP contribution is 2.33. The van der Waals surface area contributed by atoms with E-state index in [2.05, 4.69) is 10.6 Å². The molecule has 0 atom stereocenters. The van der Waals surface area contributed by atoms with E-state index in [0.29, 0.717) is 17.0 Å². The van der Waals surface area contributed by atoms with E-state index >= 15 is 0 Å². The number of carbonyl (C=O) groups is 2. The van der Waals surface area contributed by atoms with Crippen molar-refractivity contribution in [2.75, 3.05) is 16.4 Å². The fourth-order valence-electron chi connectivity index (χ4n) is 1.76. The van der Waals surface area contributed by atoms with Gasteiger partial charge in [-0.2, -0.15) is 11.3 Å². The largest absolute Gasteiger partial charge is 0.324 e. The maximum atomic E-state index is 11.9. The Kier molecular flexibility index (Phi) is 3.27. The van der Waals surface area contributed by atoms with Gasteiger partial charge in [-0.1, -0.05) is 0 Å². The highest BCUT2D eigenvalue weighted by Gasteiger charge is 2.16. The smallest absolute Gasteiger partial charge is 0.256 e. The zero-order valence-corrected chi connectivity index (χ0v) is 11.4. The van der Waals surface area contributed by atoms with Crippen LogP contribution in [-0.4, -0.2) is 17.6 Å². The summed E-state index contributed by atoms with van der Waals surface area (Å²) in [7, 11) is 0. The lowest BCUT2D eigenvalue weighted by atomic mass is 10.2. The van der Waals surface area contributed by atoms with Crippen LogP contribution in [0, 0.1) is 0 Å². The first-order chi connectivity index (χ1) is 9.22. The summed E-state index contributed by atoms with van der Waals surface area (Å²) in [6.07, 6.45) is 0. The van der Waals surface area contributed by atoms with E-state index in [9.17, 15) is 9.59 Å². The average Bonchev–Trinajstić information content (AvgIpc) is 2.92. The van der Waals surface area contributed by atoms with Crippen molar-refractivity contribution < 1.29 is 9.59 Å². The normalized spacial score (nSPS) is 13.6. The van der Waals surface area contributed by atoms with E-state index in [1.54, 1.807) is 17.5 Å². The number of hydrogen-bond donors (Lipinski definition) is 2. The van der Waals surface area contributed by atoms with E-state index in [4.69, 9.17) is 0 Å². The first-order valence-corrected chi connectivity index (χ1v) is 7.55. The lowest BCUT2D eigenvalue weighted by Crippen LogP contribution is -2.19. The van der Waals surface area contributed by atoms with Gasteiger partial charge < -0.3 is 10.6 Å². The number of anilines is 2. The molecule has 0 aliphatic carbocycles. The van der Waals surface area contributed by atoms with Gasteiger partial charge in [0.25, 0.3) is 5.91 Å². The predicted octanol–water partition coefficient (Wildman–Crippen LogP) is 3.04. The minimum atomic E-state index is -0.143. The van der Waals surface area contributed by atoms with Crippen LogP contribution in [0.4, 0.5) is 11.4 Å². The molecule has 2 N–H and O–H groups in total. The van der Waals surface area contributed by atoms with Crippen LogP contribution in [0.1, 0.15) is 10.4 Å². The molecule has 6 heteroatoms. The van der Waals surface area contributed by atoms with E-state index in [-0.39, 0.29) is 11.8 Å². The number of hydrogen-bond acceptors (Lipinski definition) is 4. The molecule has 2 aromatic rings. The van der Waals surface area contributed by atoms with Gasteiger partial charge in [-0.15, -0.1) is 11.8 Å². The Morgan fingerprint density at radius 1 is 1.32 bits per heavy atom. The molecule has 0 spiro atoms. The molecule has 0 unspecified atom stereocenters. The van der Waals surface area contributed by atoms with E-state index < -0.39 is 0 Å². The monoisotopic (exact) mass is 290 g/mol. The van der Waals surface area contributed by atoms with Crippen molar-refractivity contribution >= 4 is 46.3 Å². The van der Waals surface area contributed by atoms with Gasteiger partial charge in [0.05, 0.1) is 17.0 Å². The summed E-state index contributed by atoms with van der Waals surface area (Å²) in [4.78, 5) is 24.3. The molecule has 2 amide bonds. The van der Waals surface area contributed by atoms with Gasteiger partial charge in [0.15, 0.2) is 0 Å². The Hall–Kier alpha value is -1.79. The molecule has 0 fully saturated rings. The Morgan fingerprint density at radius 3 is 3.00 bits per heavy atom. The van der Waals surface area contributed by atoms with Gasteiger partial charge >= 0.3 is 0 Å². The second-order valence-electron chi connectivity index (χ2n) is 4.01. The standard InChI is InChI=1S/C13H10N2O2S2/c16-12-7-19-11-2-1-9(5-10(11)15-12)14-13(17)8-3-4-18-6-8/h1-6H,7H2,(H,14,17)(H,15,16). The maximum Gasteiger partial charge on any atom is 0.256 e. The molecule has 1 aromatic heterocycles. The maximum absolute atomic E-state index is 11.9. The molecule has 2 heterocycles. The molecular formula is C13H10N2O2S2. The zero-order valence-electron chi connectivity index (χ0n) is 9.80. The highest BCUT2D eigenvalue weighted by molar-refractivity contribution is 8.00. The van der Waals surface area contributed by atoms with Crippen LogP contribution < -0.4 is 10.6 Å². The Bertz CT molecular complexity index is 638. The number of benzene rings is 1. The molecule has 4 nitrogen and oxygen atoms in total. The summed E-state index contributed by atoms with van der Waals surface area (Å²) in [5, 5.41) is 9.27. The number of carbonyl (C=O) groups excluding carboxylic acids is 2. The van der Waals surface area contributed by atoms with E-state index in [0.717, 1.165) is 10.6 Å². The van der Waals surface area contributed by atoms with Crippen LogP contribution in [0.3, 0.4) is 0 Å². The molecule has 96 valence electrons. The van der Waals surface area contributed by atoms with Crippen LogP contribution >= 0.6 is 23.1 Å². The predicted molar refractivity (Wildman–Crippen MR) is 78.1 cm³/mol. The van der Waals surface area contributed by atoms with Crippen molar-refractivity contribution in [1.82, 2.24) is 0 Å². The number of thioether (sulfide) groups is 1. The number of rotatable bonds is 2. The van der Waals surface area contributed by atoms with Crippen LogP contribution in [0.25, 0.3) is 0 Å². The van der Waals surface area contributed by atoms with Gasteiger partial charge in [0.2, 0.25) is 5.91 Å². The van der Waals surface area contributed by atoms with Crippen molar-refractivity contribution in [3.8, 4) is 0 Å². The van der Waals surface area contributed by atoms with Crippen molar-refractivity contribution in [2.24, 2.45) is 0 Å². The summed E-state index contributed by atoms with van der Waals surface area (Å²) < 4.78 is 0. The van der Waals surface area contributed by atoms with Crippen molar-refractivity contribution in [2.45, 2.75) is 4.90 Å². The third kappa shape index (κ3) is 2.64. The molecule has 1 aliphatic rings. The third-order valence-electron chi connectivity index (χ3n) is 2.65. The zero-order chi connectivity index (χ0) is 13.2. The summed E-state index contributed by atoms with van der Waals surface area (Å²) in [5.74, 6) is 0.281. The second-order valence-corrected chi connectivity index (χ2v) is 5.81. The van der Waals surface area contributed by atoms with Gasteiger partial charge in [0.1, 0.15) is 0 Å². The van der Waals surface area contributed by atoms with Crippen molar-refractivity contribution in [3.63, 3.8) is 0 Å². The summed E-state index contributed by atoms with van der Waals surface area (Å²) >= 11 is 2.98. The molecule has 0 saturated carbocycles. The van der Waals surface area contributed by atoms with E-state index in [1.165, 1.54) is 23.1 Å². The fourth-order valence-corrected chi connectivity index (χ4v) is 3.18. The molecule has 0 bridgehead atoms. The molecule has 19 heavy (non-hydrogen) atoms. The lowest BCUT2D eigenvalue weighted by molar-refractivity contribution is -0.113. The number of nitrogens with one attached hydrogen (secondary N) is 2. The Morgan fingerprint density at radius 2 is 2.21 bits per heavy atom. The second kappa shape index (κ2) is 5.07. The SMILES string of the molecule is O=C1CSc2ccc(NC(=O)c3ccsc3)cc2N1. The van der Waals surface area contributed by atoms with Crippen molar-refractivity contribution in [3.05, 3.63) is 40.6 Å². The summed E-state index contributed by atoms with van der Waals surface area (Å²) in [6, 6.07) is 7.30. The fraction of sp³-hybridized carbons (Fsp3) is 0.0769. The van der Waals surface area contributed by atoms with Gasteiger partial charge in [0, 0.05) is 16.0 Å². The topological polar surface area (TPSA) is 58.2 Å². The minimum absolute atomic E-state index is 0.0150. The van der Waals surface area contributed by atoms with Gasteiger partial charge in [-0.3, -0.25) is 9.59 Å². The minimum Gasteiger partial charge on any atom is -0.324 e. The molecule has 1 aromatic carbocycles. The number of fused-ring (bicyclic) bond motifs is 1. The van der Waals surface area contributed by atoms with Crippen LogP contribution in [0.5, 0.6) is 0 Å². The first-order valence-electron chi connectivity index (χ1n) is 5.62. The van der Waals surface area contributed by atoms with Gasteiger partial charge in [-0.05, 0) is 29.6 Å². The van der Waals surface area contributed by atoms with Crippen molar-refractivity contribution in [1.29, 1.82) is 0 Å². The third-order valence-corrected chi connectivity index (χ3v) is 4.41. The quantitative estimate of drug-likeness (QED) is 0.893. The molecule has 0 saturated heterocycles. The Labute approximate surface area is 118 Å². The first kappa shape index (κ1) is 12.3. The molecular weight excluding hydrogens is 280 g/mol. The summed E-state index contributed by atoms with van der Waals surface area (Å²) in [6.45, 7) is 0. The summed E-state index contributed by atoms with van der Waals surface area (Å²) in [5.41, 5.74) is 2.07. The lowest BCUT2D eigenvalue weighted by Gasteiger charge is -2.17. The molecule has 1 aliphatic heterocycles. The van der Waals surface area contributed by atoms with Crippen LogP contribution in [-0.2, 0) is 4.79 Å². The number of thiophene rings is 1. The molecule has 0 radical (unpaired) electrons. The highest BCUT2D eigenvalue weighted by atomic mass is 32.2. The van der Waals surface area contributed by atoms with Crippen LogP contribution in [0.2, 0.25) is 0 Å². The van der Waals surface area contributed by atoms with Crippen LogP contribution in [0.15, 0.2) is 39.9 Å².